The Morgan fingerprint density at radius 3 is 2.53 bits per heavy atom. The zero-order valence-corrected chi connectivity index (χ0v) is 17.5. The topological polar surface area (TPSA) is 91.9 Å². The predicted molar refractivity (Wildman–Crippen MR) is 118 cm³/mol. The Morgan fingerprint density at radius 2 is 1.80 bits per heavy atom. The molecule has 0 spiro atoms. The first-order valence-corrected chi connectivity index (χ1v) is 11.2. The van der Waals surface area contributed by atoms with Crippen molar-refractivity contribution in [2.24, 2.45) is 4.99 Å². The van der Waals surface area contributed by atoms with Crippen molar-refractivity contribution in [2.45, 2.75) is 18.7 Å². The van der Waals surface area contributed by atoms with Gasteiger partial charge in [-0.15, -0.1) is 0 Å². The van der Waals surface area contributed by atoms with E-state index in [4.69, 9.17) is 4.42 Å². The highest BCUT2D eigenvalue weighted by Crippen LogP contribution is 2.42. The van der Waals surface area contributed by atoms with Crippen LogP contribution in [0.15, 0.2) is 75.0 Å². The summed E-state index contributed by atoms with van der Waals surface area (Å²) in [5, 5.41) is 4.79. The highest BCUT2D eigenvalue weighted by molar-refractivity contribution is 7.86. The first kappa shape index (κ1) is 20.1. The monoisotopic (exact) mass is 422 g/mol. The molecule has 0 saturated heterocycles. The molecule has 0 fully saturated rings. The zero-order chi connectivity index (χ0) is 21.3. The second-order valence-electron chi connectivity index (χ2n) is 6.84. The van der Waals surface area contributed by atoms with Crippen molar-refractivity contribution >= 4 is 26.8 Å². The van der Waals surface area contributed by atoms with Gasteiger partial charge < -0.3 is 9.73 Å². The molecule has 0 bridgehead atoms. The van der Waals surface area contributed by atoms with Crippen LogP contribution in [0.5, 0.6) is 0 Å². The SMILES string of the molecule is CCN=c1ccc2c(-c3ccccc3S(=O)(=O)O)c3ccc(NCC)cc3oc-2c1. The third-order valence-corrected chi connectivity index (χ3v) is 5.77. The molecule has 2 aromatic rings. The highest BCUT2D eigenvalue weighted by Gasteiger charge is 2.23. The van der Waals surface area contributed by atoms with Crippen molar-refractivity contribution in [3.63, 3.8) is 0 Å². The van der Waals surface area contributed by atoms with Crippen molar-refractivity contribution < 1.29 is 17.4 Å². The summed E-state index contributed by atoms with van der Waals surface area (Å²) in [7, 11) is -4.41. The van der Waals surface area contributed by atoms with Crippen LogP contribution in [0.1, 0.15) is 13.8 Å². The Morgan fingerprint density at radius 1 is 1.00 bits per heavy atom. The predicted octanol–water partition coefficient (Wildman–Crippen LogP) is 4.80. The maximum Gasteiger partial charge on any atom is 0.295 e. The summed E-state index contributed by atoms with van der Waals surface area (Å²) in [5.74, 6) is 0.589. The number of hydrogen-bond donors (Lipinski definition) is 2. The normalized spacial score (nSPS) is 12.6. The zero-order valence-electron chi connectivity index (χ0n) is 16.7. The van der Waals surface area contributed by atoms with Crippen LogP contribution in [0.2, 0.25) is 0 Å². The lowest BCUT2D eigenvalue weighted by Gasteiger charge is -2.17. The third kappa shape index (κ3) is 3.69. The molecular weight excluding hydrogens is 400 g/mol. The smallest absolute Gasteiger partial charge is 0.295 e. The van der Waals surface area contributed by atoms with Crippen LogP contribution in [-0.4, -0.2) is 26.1 Å². The summed E-state index contributed by atoms with van der Waals surface area (Å²) in [6, 6.07) is 17.7. The Kier molecular flexibility index (Phi) is 5.32. The van der Waals surface area contributed by atoms with Crippen LogP contribution >= 0.6 is 0 Å². The molecule has 7 heteroatoms. The van der Waals surface area contributed by atoms with E-state index >= 15 is 0 Å². The van der Waals surface area contributed by atoms with E-state index in [1.807, 2.05) is 50.2 Å². The average molecular weight is 423 g/mol. The molecule has 30 heavy (non-hydrogen) atoms. The molecule has 154 valence electrons. The van der Waals surface area contributed by atoms with Gasteiger partial charge in [0.25, 0.3) is 10.1 Å². The lowest BCUT2D eigenvalue weighted by Crippen LogP contribution is -2.05. The van der Waals surface area contributed by atoms with Gasteiger partial charge in [-0.3, -0.25) is 9.55 Å². The summed E-state index contributed by atoms with van der Waals surface area (Å²) in [6.07, 6.45) is 0. The molecule has 0 amide bonds. The quantitative estimate of drug-likeness (QED) is 0.356. The number of anilines is 1. The van der Waals surface area contributed by atoms with E-state index < -0.39 is 10.1 Å². The maximum absolute atomic E-state index is 12.1. The van der Waals surface area contributed by atoms with E-state index in [-0.39, 0.29) is 4.90 Å². The molecule has 6 nitrogen and oxygen atoms in total. The molecule has 2 aromatic carbocycles. The minimum absolute atomic E-state index is 0.142. The Labute approximate surface area is 175 Å². The number of benzene rings is 3. The first-order chi connectivity index (χ1) is 14.4. The van der Waals surface area contributed by atoms with Crippen molar-refractivity contribution in [1.29, 1.82) is 0 Å². The van der Waals surface area contributed by atoms with Crippen LogP contribution < -0.4 is 10.7 Å². The van der Waals surface area contributed by atoms with Crippen molar-refractivity contribution in [1.82, 2.24) is 0 Å². The summed E-state index contributed by atoms with van der Waals surface area (Å²) >= 11 is 0. The first-order valence-electron chi connectivity index (χ1n) is 9.74. The summed E-state index contributed by atoms with van der Waals surface area (Å²) < 4.78 is 40.2. The van der Waals surface area contributed by atoms with Gasteiger partial charge in [0, 0.05) is 53.0 Å². The minimum atomic E-state index is -4.41. The van der Waals surface area contributed by atoms with Crippen molar-refractivity contribution in [3.8, 4) is 22.5 Å². The van der Waals surface area contributed by atoms with Gasteiger partial charge in [-0.05, 0) is 44.2 Å². The standard InChI is InChI=1S/C23H22N2O4S/c1-3-24-15-9-11-17-20(13-15)29-21-14-16(25-4-2)10-12-18(21)23(17)19-7-5-6-8-22(19)30(26,27)28/h5-14,24H,3-4H2,1-2H3,(H,26,27,28). The summed E-state index contributed by atoms with van der Waals surface area (Å²) in [5.41, 5.74) is 3.35. The Balaban J connectivity index is 2.15. The largest absolute Gasteiger partial charge is 0.456 e. The van der Waals surface area contributed by atoms with E-state index in [1.165, 1.54) is 6.07 Å². The minimum Gasteiger partial charge on any atom is -0.456 e. The fourth-order valence-corrected chi connectivity index (χ4v) is 4.36. The van der Waals surface area contributed by atoms with Gasteiger partial charge in [0.2, 0.25) is 0 Å². The van der Waals surface area contributed by atoms with E-state index in [0.717, 1.165) is 28.5 Å². The van der Waals surface area contributed by atoms with Crippen LogP contribution in [0.3, 0.4) is 0 Å². The fraction of sp³-hybridized carbons (Fsp3) is 0.174. The van der Waals surface area contributed by atoms with E-state index in [9.17, 15) is 13.0 Å². The molecule has 0 saturated carbocycles. The number of nitrogens with zero attached hydrogens (tertiary/aromatic N) is 1. The van der Waals surface area contributed by atoms with E-state index in [2.05, 4.69) is 10.3 Å². The number of rotatable bonds is 5. The van der Waals surface area contributed by atoms with E-state index in [1.54, 1.807) is 18.2 Å². The molecule has 0 atom stereocenters. The van der Waals surface area contributed by atoms with Gasteiger partial charge in [0.1, 0.15) is 16.2 Å². The molecule has 2 N–H and O–H groups in total. The van der Waals surface area contributed by atoms with Crippen LogP contribution in [0.4, 0.5) is 5.69 Å². The van der Waals surface area contributed by atoms with Crippen molar-refractivity contribution in [3.05, 3.63) is 66.0 Å². The van der Waals surface area contributed by atoms with Crippen LogP contribution in [0.25, 0.3) is 33.4 Å². The van der Waals surface area contributed by atoms with Crippen LogP contribution in [0, 0.1) is 0 Å². The summed E-state index contributed by atoms with van der Waals surface area (Å²) in [6.45, 7) is 5.37. The number of fused-ring (bicyclic) bond motifs is 2. The third-order valence-electron chi connectivity index (χ3n) is 4.86. The van der Waals surface area contributed by atoms with Gasteiger partial charge in [0.15, 0.2) is 0 Å². The number of nitrogens with one attached hydrogen (secondary N) is 1. The molecule has 0 unspecified atom stereocenters. The van der Waals surface area contributed by atoms with Crippen molar-refractivity contribution in [2.75, 3.05) is 18.4 Å². The number of hydrogen-bond acceptors (Lipinski definition) is 5. The molecule has 1 heterocycles. The van der Waals surface area contributed by atoms with Gasteiger partial charge in [-0.1, -0.05) is 18.2 Å². The van der Waals surface area contributed by atoms with Gasteiger partial charge in [0.05, 0.1) is 5.36 Å². The van der Waals surface area contributed by atoms with Gasteiger partial charge >= 0.3 is 0 Å². The second-order valence-corrected chi connectivity index (χ2v) is 8.23. The van der Waals surface area contributed by atoms with Gasteiger partial charge in [-0.25, -0.2) is 0 Å². The lowest BCUT2D eigenvalue weighted by molar-refractivity contribution is 0.483. The molecular formula is C23H22N2O4S. The molecule has 1 aliphatic heterocycles. The van der Waals surface area contributed by atoms with Gasteiger partial charge in [-0.2, -0.15) is 8.42 Å². The lowest BCUT2D eigenvalue weighted by atomic mass is 9.93. The maximum atomic E-state index is 12.1. The molecule has 1 aliphatic carbocycles. The van der Waals surface area contributed by atoms with E-state index in [0.29, 0.717) is 29.0 Å². The van der Waals surface area contributed by atoms with Crippen LogP contribution in [-0.2, 0) is 10.1 Å². The average Bonchev–Trinajstić information content (AvgIpc) is 2.72. The molecule has 4 rings (SSSR count). The molecule has 0 radical (unpaired) electrons. The summed E-state index contributed by atoms with van der Waals surface area (Å²) in [4.78, 5) is 4.29. The Bertz CT molecular complexity index is 1370. The Hall–Kier alpha value is -3.16. The molecule has 0 aromatic heterocycles. The second kappa shape index (κ2) is 7.93. The fourth-order valence-electron chi connectivity index (χ4n) is 3.66. The molecule has 2 aliphatic rings. The highest BCUT2D eigenvalue weighted by atomic mass is 32.2.